The van der Waals surface area contributed by atoms with Crippen LogP contribution in [-0.4, -0.2) is 21.1 Å². The Balaban J connectivity index is 1.83. The minimum Gasteiger partial charge on any atom is -0.508 e. The number of benzene rings is 1. The van der Waals surface area contributed by atoms with Crippen molar-refractivity contribution in [3.63, 3.8) is 0 Å². The van der Waals surface area contributed by atoms with E-state index in [4.69, 9.17) is 0 Å². The van der Waals surface area contributed by atoms with Crippen LogP contribution in [0.25, 0.3) is 0 Å². The first kappa shape index (κ1) is 16.7. The van der Waals surface area contributed by atoms with E-state index < -0.39 is 0 Å². The van der Waals surface area contributed by atoms with Crippen molar-refractivity contribution in [1.82, 2.24) is 0 Å². The normalized spacial score (nSPS) is 40.4. The first-order valence-corrected chi connectivity index (χ1v) is 9.41. The minimum absolute atomic E-state index is 0.0533. The van der Waals surface area contributed by atoms with Crippen molar-refractivity contribution in [3.05, 3.63) is 23.3 Å². The van der Waals surface area contributed by atoms with E-state index in [1.54, 1.807) is 0 Å². The molecule has 0 saturated heterocycles. The molecule has 136 valence electrons. The lowest BCUT2D eigenvalue weighted by Gasteiger charge is -2.61. The summed E-state index contributed by atoms with van der Waals surface area (Å²) in [4.78, 5) is 0. The van der Waals surface area contributed by atoms with Crippen LogP contribution in [0.4, 0.5) is 0 Å². The zero-order valence-electron chi connectivity index (χ0n) is 15.6. The Labute approximate surface area is 149 Å². The van der Waals surface area contributed by atoms with Crippen molar-refractivity contribution in [2.45, 2.75) is 65.2 Å². The van der Waals surface area contributed by atoms with E-state index in [1.165, 1.54) is 6.07 Å². The molecule has 0 amide bonds. The lowest BCUT2D eigenvalue weighted by atomic mass is 9.43. The smallest absolute Gasteiger partial charge is 0.123 e. The van der Waals surface area contributed by atoms with Gasteiger partial charge in [0, 0.05) is 22.5 Å². The highest BCUT2D eigenvalue weighted by molar-refractivity contribution is 5.90. The average molecular weight is 343 g/mol. The van der Waals surface area contributed by atoms with Gasteiger partial charge in [-0.1, -0.05) is 32.9 Å². The molecule has 1 aromatic rings. The first-order valence-electron chi connectivity index (χ1n) is 9.41. The maximum absolute atomic E-state index is 10.6. The molecule has 3 N–H and O–H groups in total. The summed E-state index contributed by atoms with van der Waals surface area (Å²) in [6, 6.07) is 3.33. The third-order valence-electron chi connectivity index (χ3n) is 8.13. The molecule has 0 aliphatic heterocycles. The summed E-state index contributed by atoms with van der Waals surface area (Å²) in [5.74, 6) is 1.29. The molecule has 4 atom stereocenters. The van der Waals surface area contributed by atoms with E-state index in [9.17, 15) is 15.4 Å². The molecular weight excluding hydrogens is 314 g/mol. The fourth-order valence-corrected chi connectivity index (χ4v) is 7.01. The summed E-state index contributed by atoms with van der Waals surface area (Å²) in [7, 11) is 0. The number of fused-ring (bicyclic) bond motifs is 5. The summed E-state index contributed by atoms with van der Waals surface area (Å²) in [6.07, 6.45) is 4.83. The molecule has 3 aliphatic carbocycles. The Morgan fingerprint density at radius 3 is 2.44 bits per heavy atom. The lowest BCUT2D eigenvalue weighted by Crippen LogP contribution is -2.57. The molecule has 0 spiro atoms. The van der Waals surface area contributed by atoms with Gasteiger partial charge >= 0.3 is 0 Å². The van der Waals surface area contributed by atoms with E-state index in [0.29, 0.717) is 11.8 Å². The molecule has 2 fully saturated rings. The number of hydrogen-bond acceptors (Lipinski definition) is 4. The molecule has 3 aliphatic rings. The summed E-state index contributed by atoms with van der Waals surface area (Å²) in [6.45, 7) is 9.14. The number of phenols is 2. The molecular formula is C21H29NO3. The Kier molecular flexibility index (Phi) is 3.30. The maximum atomic E-state index is 10.6. The lowest BCUT2D eigenvalue weighted by molar-refractivity contribution is -0.0612. The first-order chi connectivity index (χ1) is 11.6. The highest BCUT2D eigenvalue weighted by Crippen LogP contribution is 2.68. The molecule has 0 bridgehead atoms. The number of phenolic OH excluding ortho intramolecular Hbond substituents is 2. The third kappa shape index (κ3) is 1.97. The summed E-state index contributed by atoms with van der Waals surface area (Å²) < 4.78 is 0. The van der Waals surface area contributed by atoms with Gasteiger partial charge in [-0.2, -0.15) is 0 Å². The zero-order chi connectivity index (χ0) is 18.2. The van der Waals surface area contributed by atoms with Crippen LogP contribution in [0.3, 0.4) is 0 Å². The van der Waals surface area contributed by atoms with Crippen molar-refractivity contribution in [2.24, 2.45) is 27.8 Å². The largest absolute Gasteiger partial charge is 0.508 e. The second kappa shape index (κ2) is 4.93. The Morgan fingerprint density at radius 1 is 1.04 bits per heavy atom. The number of aromatic hydroxyl groups is 2. The van der Waals surface area contributed by atoms with Crippen molar-refractivity contribution in [1.29, 1.82) is 0 Å². The van der Waals surface area contributed by atoms with Gasteiger partial charge in [0.2, 0.25) is 0 Å². The fraction of sp³-hybridized carbons (Fsp3) is 0.667. The van der Waals surface area contributed by atoms with Gasteiger partial charge in [-0.15, -0.1) is 0 Å². The quantitative estimate of drug-likeness (QED) is 0.476. The van der Waals surface area contributed by atoms with Gasteiger partial charge < -0.3 is 15.4 Å². The predicted octanol–water partition coefficient (Wildman–Crippen LogP) is 4.59. The Bertz CT molecular complexity index is 769. The highest BCUT2D eigenvalue weighted by atomic mass is 16.4. The van der Waals surface area contributed by atoms with Crippen molar-refractivity contribution in [3.8, 4) is 11.5 Å². The third-order valence-corrected chi connectivity index (χ3v) is 8.13. The molecule has 4 nitrogen and oxygen atoms in total. The van der Waals surface area contributed by atoms with Crippen LogP contribution in [0.1, 0.15) is 64.5 Å². The van der Waals surface area contributed by atoms with E-state index in [1.807, 2.05) is 6.07 Å². The standard InChI is InChI=1S/C21H29NO3/c1-19(2)15-5-7-21(4)16(20(15,3)8-6-17(19)22-25)10-12-9-13(23)11-14(24)18(12)21/h9,11,15-16,23-25H,5-8,10H2,1-4H3/t15-,16+,20-,21+/m1/s1. The molecule has 0 radical (unpaired) electrons. The Morgan fingerprint density at radius 2 is 1.76 bits per heavy atom. The van der Waals surface area contributed by atoms with Crippen LogP contribution in [0.5, 0.6) is 11.5 Å². The van der Waals surface area contributed by atoms with Crippen LogP contribution < -0.4 is 0 Å². The zero-order valence-corrected chi connectivity index (χ0v) is 15.6. The van der Waals surface area contributed by atoms with Crippen LogP contribution >= 0.6 is 0 Å². The predicted molar refractivity (Wildman–Crippen MR) is 97.4 cm³/mol. The van der Waals surface area contributed by atoms with E-state index in [0.717, 1.165) is 48.9 Å². The van der Waals surface area contributed by atoms with Gasteiger partial charge in [-0.25, -0.2) is 0 Å². The fourth-order valence-electron chi connectivity index (χ4n) is 7.01. The Hall–Kier alpha value is -1.71. The average Bonchev–Trinajstić information content (AvgIpc) is 2.80. The monoisotopic (exact) mass is 343 g/mol. The molecule has 0 unspecified atom stereocenters. The molecule has 0 heterocycles. The number of hydrogen-bond donors (Lipinski definition) is 3. The highest BCUT2D eigenvalue weighted by Gasteiger charge is 2.62. The minimum atomic E-state index is -0.109. The van der Waals surface area contributed by atoms with Crippen molar-refractivity contribution >= 4 is 5.71 Å². The summed E-state index contributed by atoms with van der Waals surface area (Å²) in [5.41, 5.74) is 3.05. The van der Waals surface area contributed by atoms with Crippen LogP contribution in [-0.2, 0) is 11.8 Å². The number of nitrogens with zero attached hydrogens (tertiary/aromatic N) is 1. The molecule has 25 heavy (non-hydrogen) atoms. The second-order valence-electron chi connectivity index (χ2n) is 9.54. The molecule has 1 aromatic carbocycles. The van der Waals surface area contributed by atoms with E-state index >= 15 is 0 Å². The molecule has 0 aromatic heterocycles. The van der Waals surface area contributed by atoms with Crippen molar-refractivity contribution in [2.75, 3.05) is 0 Å². The van der Waals surface area contributed by atoms with Gasteiger partial charge in [-0.05, 0) is 61.0 Å². The van der Waals surface area contributed by atoms with Gasteiger partial charge in [0.05, 0.1) is 5.71 Å². The van der Waals surface area contributed by atoms with E-state index in [-0.39, 0.29) is 27.7 Å². The maximum Gasteiger partial charge on any atom is 0.123 e. The molecule has 4 heteroatoms. The molecule has 4 rings (SSSR count). The van der Waals surface area contributed by atoms with Gasteiger partial charge in [-0.3, -0.25) is 0 Å². The number of oxime groups is 1. The topological polar surface area (TPSA) is 73.1 Å². The SMILES string of the molecule is CC1(C)C(=NO)CC[C@]2(C)[C@@H]1CC[C@]1(C)c3c(O)cc(O)cc3C[C@@H]21. The van der Waals surface area contributed by atoms with Crippen LogP contribution in [0.2, 0.25) is 0 Å². The van der Waals surface area contributed by atoms with Gasteiger partial charge in [0.15, 0.2) is 0 Å². The summed E-state index contributed by atoms with van der Waals surface area (Å²) >= 11 is 0. The van der Waals surface area contributed by atoms with Gasteiger partial charge in [0.25, 0.3) is 0 Å². The van der Waals surface area contributed by atoms with Crippen molar-refractivity contribution < 1.29 is 15.4 Å². The second-order valence-corrected chi connectivity index (χ2v) is 9.54. The van der Waals surface area contributed by atoms with Crippen LogP contribution in [0.15, 0.2) is 17.3 Å². The van der Waals surface area contributed by atoms with Gasteiger partial charge in [0.1, 0.15) is 11.5 Å². The van der Waals surface area contributed by atoms with E-state index in [2.05, 4.69) is 32.9 Å². The molecule has 2 saturated carbocycles. The van der Waals surface area contributed by atoms with Crippen LogP contribution in [0, 0.1) is 22.7 Å². The summed E-state index contributed by atoms with van der Waals surface area (Å²) in [5, 5.41) is 33.6. The number of rotatable bonds is 0.